The predicted molar refractivity (Wildman–Crippen MR) is 54.9 cm³/mol. The Bertz CT molecular complexity index is 342. The molecular formula is C10H14N4. The van der Waals surface area contributed by atoms with E-state index >= 15 is 0 Å². The van der Waals surface area contributed by atoms with Gasteiger partial charge >= 0.3 is 0 Å². The van der Waals surface area contributed by atoms with Crippen LogP contribution in [0.15, 0.2) is 12.4 Å². The Labute approximate surface area is 84.2 Å². The van der Waals surface area contributed by atoms with Crippen LogP contribution in [0.25, 0.3) is 0 Å². The van der Waals surface area contributed by atoms with Gasteiger partial charge in [0.05, 0.1) is 12.4 Å². The standard InChI is InChI=1S/C10H14N4/c1-10(2,3)14(4)9-7-12-8(5-11)6-13-9/h6-7H,1-4H3. The molecule has 0 atom stereocenters. The normalized spacial score (nSPS) is 10.8. The SMILES string of the molecule is CN(c1cnc(C#N)cn1)C(C)(C)C. The molecule has 0 unspecified atom stereocenters. The van der Waals surface area contributed by atoms with Gasteiger partial charge in [0.2, 0.25) is 0 Å². The molecule has 4 heteroatoms. The summed E-state index contributed by atoms with van der Waals surface area (Å²) in [5.74, 6) is 0.775. The lowest BCUT2D eigenvalue weighted by molar-refractivity contribution is 0.533. The zero-order chi connectivity index (χ0) is 10.8. The van der Waals surface area contributed by atoms with Gasteiger partial charge in [0, 0.05) is 12.6 Å². The minimum absolute atomic E-state index is 0.00282. The average molecular weight is 190 g/mol. The second-order valence-electron chi connectivity index (χ2n) is 4.10. The van der Waals surface area contributed by atoms with Crippen molar-refractivity contribution >= 4 is 5.82 Å². The van der Waals surface area contributed by atoms with Crippen LogP contribution in [0.4, 0.5) is 5.82 Å². The first kappa shape index (κ1) is 10.5. The van der Waals surface area contributed by atoms with Crippen LogP contribution in [-0.4, -0.2) is 22.6 Å². The van der Waals surface area contributed by atoms with Crippen molar-refractivity contribution in [1.29, 1.82) is 5.26 Å². The van der Waals surface area contributed by atoms with Crippen LogP contribution in [0.2, 0.25) is 0 Å². The highest BCUT2D eigenvalue weighted by molar-refractivity contribution is 5.38. The van der Waals surface area contributed by atoms with Gasteiger partial charge in [-0.1, -0.05) is 0 Å². The molecule has 1 aromatic rings. The summed E-state index contributed by atoms with van der Waals surface area (Å²) in [6, 6.07) is 1.94. The molecule has 0 aliphatic carbocycles. The van der Waals surface area contributed by atoms with Gasteiger partial charge in [0.15, 0.2) is 5.69 Å². The van der Waals surface area contributed by atoms with E-state index in [0.29, 0.717) is 5.69 Å². The van der Waals surface area contributed by atoms with Gasteiger partial charge in [-0.15, -0.1) is 0 Å². The monoisotopic (exact) mass is 190 g/mol. The summed E-state index contributed by atoms with van der Waals surface area (Å²) in [5, 5.41) is 8.56. The fourth-order valence-electron chi connectivity index (χ4n) is 0.896. The Kier molecular flexibility index (Phi) is 2.70. The van der Waals surface area contributed by atoms with Gasteiger partial charge in [-0.2, -0.15) is 5.26 Å². The molecule has 0 saturated heterocycles. The van der Waals surface area contributed by atoms with Crippen molar-refractivity contribution in [2.75, 3.05) is 11.9 Å². The highest BCUT2D eigenvalue weighted by Crippen LogP contribution is 2.17. The van der Waals surface area contributed by atoms with Crippen LogP contribution in [0.3, 0.4) is 0 Å². The minimum Gasteiger partial charge on any atom is -0.354 e. The molecule has 14 heavy (non-hydrogen) atoms. The summed E-state index contributed by atoms with van der Waals surface area (Å²) in [4.78, 5) is 10.1. The summed E-state index contributed by atoms with van der Waals surface area (Å²) in [7, 11) is 1.95. The van der Waals surface area contributed by atoms with Crippen LogP contribution in [0, 0.1) is 11.3 Å². The van der Waals surface area contributed by atoms with Gasteiger partial charge in [0.25, 0.3) is 0 Å². The molecule has 0 aliphatic rings. The third-order valence-electron chi connectivity index (χ3n) is 2.10. The molecule has 74 valence electrons. The first-order valence-electron chi connectivity index (χ1n) is 4.41. The summed E-state index contributed by atoms with van der Waals surface area (Å²) in [5.41, 5.74) is 0.346. The largest absolute Gasteiger partial charge is 0.354 e. The van der Waals surface area contributed by atoms with E-state index in [0.717, 1.165) is 5.82 Å². The van der Waals surface area contributed by atoms with Crippen LogP contribution in [0.5, 0.6) is 0 Å². The van der Waals surface area contributed by atoms with Gasteiger partial charge in [-0.05, 0) is 20.8 Å². The lowest BCUT2D eigenvalue weighted by Crippen LogP contribution is -2.38. The van der Waals surface area contributed by atoms with E-state index in [-0.39, 0.29) is 5.54 Å². The van der Waals surface area contributed by atoms with Crippen molar-refractivity contribution in [2.24, 2.45) is 0 Å². The van der Waals surface area contributed by atoms with Crippen molar-refractivity contribution in [3.63, 3.8) is 0 Å². The zero-order valence-electron chi connectivity index (χ0n) is 8.94. The second kappa shape index (κ2) is 3.62. The van der Waals surface area contributed by atoms with Crippen molar-refractivity contribution < 1.29 is 0 Å². The van der Waals surface area contributed by atoms with Gasteiger partial charge < -0.3 is 4.90 Å². The first-order chi connectivity index (χ1) is 6.45. The number of nitrogens with zero attached hydrogens (tertiary/aromatic N) is 4. The minimum atomic E-state index is 0.00282. The summed E-state index contributed by atoms with van der Waals surface area (Å²) < 4.78 is 0. The summed E-state index contributed by atoms with van der Waals surface area (Å²) in [6.07, 6.45) is 3.10. The van der Waals surface area contributed by atoms with Crippen molar-refractivity contribution in [3.8, 4) is 6.07 Å². The Hall–Kier alpha value is -1.63. The topological polar surface area (TPSA) is 52.8 Å². The van der Waals surface area contributed by atoms with E-state index in [2.05, 4.69) is 30.7 Å². The van der Waals surface area contributed by atoms with Crippen LogP contribution >= 0.6 is 0 Å². The predicted octanol–water partition coefficient (Wildman–Crippen LogP) is 1.58. The molecule has 1 rings (SSSR count). The van der Waals surface area contributed by atoms with Gasteiger partial charge in [0.1, 0.15) is 11.9 Å². The fourth-order valence-corrected chi connectivity index (χ4v) is 0.896. The molecule has 0 aliphatic heterocycles. The third-order valence-corrected chi connectivity index (χ3v) is 2.10. The van der Waals surface area contributed by atoms with E-state index in [1.54, 1.807) is 6.20 Å². The molecule has 1 aromatic heterocycles. The van der Waals surface area contributed by atoms with Crippen molar-refractivity contribution in [3.05, 3.63) is 18.1 Å². The Balaban J connectivity index is 2.94. The maximum absolute atomic E-state index is 8.56. The Morgan fingerprint density at radius 1 is 1.29 bits per heavy atom. The van der Waals surface area contributed by atoms with E-state index in [1.165, 1.54) is 6.20 Å². The maximum atomic E-state index is 8.56. The number of anilines is 1. The van der Waals surface area contributed by atoms with E-state index in [9.17, 15) is 0 Å². The van der Waals surface area contributed by atoms with Crippen LogP contribution < -0.4 is 4.90 Å². The van der Waals surface area contributed by atoms with Gasteiger partial charge in [-0.25, -0.2) is 9.97 Å². The molecule has 0 spiro atoms. The number of aromatic nitrogens is 2. The highest BCUT2D eigenvalue weighted by Gasteiger charge is 2.18. The second-order valence-corrected chi connectivity index (χ2v) is 4.10. The van der Waals surface area contributed by atoms with Crippen LogP contribution in [-0.2, 0) is 0 Å². The van der Waals surface area contributed by atoms with Crippen molar-refractivity contribution in [1.82, 2.24) is 9.97 Å². The molecule has 0 amide bonds. The molecule has 0 aromatic carbocycles. The summed E-state index contributed by atoms with van der Waals surface area (Å²) >= 11 is 0. The maximum Gasteiger partial charge on any atom is 0.158 e. The average Bonchev–Trinajstić information content (AvgIpc) is 2.15. The van der Waals surface area contributed by atoms with Crippen molar-refractivity contribution in [2.45, 2.75) is 26.3 Å². The number of rotatable bonds is 1. The first-order valence-corrected chi connectivity index (χ1v) is 4.41. The van der Waals surface area contributed by atoms with E-state index in [1.807, 2.05) is 18.0 Å². The smallest absolute Gasteiger partial charge is 0.158 e. The summed E-state index contributed by atoms with van der Waals surface area (Å²) in [6.45, 7) is 6.27. The molecule has 0 bridgehead atoms. The fraction of sp³-hybridized carbons (Fsp3) is 0.500. The number of hydrogen-bond donors (Lipinski definition) is 0. The van der Waals surface area contributed by atoms with Crippen LogP contribution in [0.1, 0.15) is 26.5 Å². The lowest BCUT2D eigenvalue weighted by Gasteiger charge is -2.32. The Morgan fingerprint density at radius 3 is 2.29 bits per heavy atom. The molecular weight excluding hydrogens is 176 g/mol. The zero-order valence-corrected chi connectivity index (χ0v) is 8.94. The molecule has 0 saturated carbocycles. The van der Waals surface area contributed by atoms with E-state index < -0.39 is 0 Å². The Morgan fingerprint density at radius 2 is 1.93 bits per heavy atom. The molecule has 0 fully saturated rings. The third kappa shape index (κ3) is 2.19. The molecule has 1 heterocycles. The van der Waals surface area contributed by atoms with E-state index in [4.69, 9.17) is 5.26 Å². The molecule has 4 nitrogen and oxygen atoms in total. The lowest BCUT2D eigenvalue weighted by atomic mass is 10.1. The quantitative estimate of drug-likeness (QED) is 0.674. The van der Waals surface area contributed by atoms with Gasteiger partial charge in [-0.3, -0.25) is 0 Å². The number of hydrogen-bond acceptors (Lipinski definition) is 4. The molecule has 0 radical (unpaired) electrons. The molecule has 0 N–H and O–H groups in total. The highest BCUT2D eigenvalue weighted by atomic mass is 15.2. The number of nitriles is 1.